The van der Waals surface area contributed by atoms with Crippen LogP contribution in [0.5, 0.6) is 0 Å². The molecule has 2 aromatic carbocycles. The molecule has 20 heavy (non-hydrogen) atoms. The quantitative estimate of drug-likeness (QED) is 0.769. The standard InChI is InChI=1S/C18H19NO/c1-12-5-8-16(9-6-12)19-14(3)18-11-13(2)7-10-17(18)15(4)20/h5-11,19-20H,3-4H2,1-2H3. The lowest BCUT2D eigenvalue weighted by Gasteiger charge is -2.14. The lowest BCUT2D eigenvalue weighted by atomic mass is 10.0. The number of aliphatic hydroxyl groups is 1. The van der Waals surface area contributed by atoms with Crippen molar-refractivity contribution in [3.63, 3.8) is 0 Å². The smallest absolute Gasteiger partial charge is 0.116 e. The van der Waals surface area contributed by atoms with Gasteiger partial charge in [-0.1, -0.05) is 48.6 Å². The zero-order chi connectivity index (χ0) is 14.7. The van der Waals surface area contributed by atoms with Crippen LogP contribution in [0.15, 0.2) is 55.6 Å². The monoisotopic (exact) mass is 265 g/mol. The Morgan fingerprint density at radius 1 is 0.900 bits per heavy atom. The van der Waals surface area contributed by atoms with Gasteiger partial charge in [-0.25, -0.2) is 0 Å². The molecule has 0 aliphatic carbocycles. The molecule has 0 radical (unpaired) electrons. The molecule has 0 heterocycles. The molecular weight excluding hydrogens is 246 g/mol. The lowest BCUT2D eigenvalue weighted by molar-refractivity contribution is 0.513. The van der Waals surface area contributed by atoms with E-state index in [0.29, 0.717) is 5.56 Å². The number of rotatable bonds is 4. The molecule has 0 atom stereocenters. The van der Waals surface area contributed by atoms with E-state index in [1.807, 2.05) is 56.3 Å². The number of aliphatic hydroxyl groups excluding tert-OH is 1. The third-order valence-electron chi connectivity index (χ3n) is 3.16. The van der Waals surface area contributed by atoms with Gasteiger partial charge in [0.15, 0.2) is 0 Å². The summed E-state index contributed by atoms with van der Waals surface area (Å²) >= 11 is 0. The minimum atomic E-state index is 0.0480. The summed E-state index contributed by atoms with van der Waals surface area (Å²) < 4.78 is 0. The molecule has 2 heteroatoms. The molecule has 0 spiro atoms. The van der Waals surface area contributed by atoms with Gasteiger partial charge < -0.3 is 10.4 Å². The van der Waals surface area contributed by atoms with Crippen LogP contribution in [0.3, 0.4) is 0 Å². The van der Waals surface area contributed by atoms with Crippen molar-refractivity contribution < 1.29 is 5.11 Å². The van der Waals surface area contributed by atoms with Gasteiger partial charge in [0.05, 0.1) is 0 Å². The maximum Gasteiger partial charge on any atom is 0.116 e. The molecule has 2 aromatic rings. The van der Waals surface area contributed by atoms with E-state index >= 15 is 0 Å². The average Bonchev–Trinajstić information content (AvgIpc) is 2.41. The predicted molar refractivity (Wildman–Crippen MR) is 86.7 cm³/mol. The summed E-state index contributed by atoms with van der Waals surface area (Å²) in [6.45, 7) is 11.7. The largest absolute Gasteiger partial charge is 0.508 e. The summed E-state index contributed by atoms with van der Waals surface area (Å²) in [6, 6.07) is 13.9. The van der Waals surface area contributed by atoms with Gasteiger partial charge >= 0.3 is 0 Å². The number of anilines is 1. The number of nitrogens with one attached hydrogen (secondary N) is 1. The van der Waals surface area contributed by atoms with Crippen molar-refractivity contribution in [3.8, 4) is 0 Å². The number of hydrogen-bond acceptors (Lipinski definition) is 2. The van der Waals surface area contributed by atoms with Crippen molar-refractivity contribution in [1.82, 2.24) is 0 Å². The predicted octanol–water partition coefficient (Wildman–Crippen LogP) is 4.91. The summed E-state index contributed by atoms with van der Waals surface area (Å²) in [5.41, 5.74) is 5.58. The van der Waals surface area contributed by atoms with Gasteiger partial charge in [-0.15, -0.1) is 0 Å². The molecule has 2 rings (SSSR count). The second kappa shape index (κ2) is 5.66. The van der Waals surface area contributed by atoms with E-state index in [9.17, 15) is 5.11 Å². The van der Waals surface area contributed by atoms with Crippen LogP contribution in [-0.4, -0.2) is 5.11 Å². The van der Waals surface area contributed by atoms with Crippen molar-refractivity contribution in [1.29, 1.82) is 0 Å². The van der Waals surface area contributed by atoms with Crippen LogP contribution in [0, 0.1) is 13.8 Å². The Balaban J connectivity index is 2.31. The molecule has 0 aromatic heterocycles. The number of benzene rings is 2. The Kier molecular flexibility index (Phi) is 3.94. The van der Waals surface area contributed by atoms with Gasteiger partial charge in [0.1, 0.15) is 5.76 Å². The summed E-state index contributed by atoms with van der Waals surface area (Å²) in [4.78, 5) is 0. The molecule has 0 saturated carbocycles. The first-order chi connectivity index (χ1) is 9.47. The Morgan fingerprint density at radius 2 is 1.50 bits per heavy atom. The van der Waals surface area contributed by atoms with Crippen LogP contribution in [0.25, 0.3) is 11.5 Å². The fourth-order valence-electron chi connectivity index (χ4n) is 2.04. The zero-order valence-electron chi connectivity index (χ0n) is 11.9. The van der Waals surface area contributed by atoms with Gasteiger partial charge in [-0.3, -0.25) is 0 Å². The Labute approximate surface area is 120 Å². The highest BCUT2D eigenvalue weighted by atomic mass is 16.3. The highest BCUT2D eigenvalue weighted by molar-refractivity contribution is 5.82. The second-order valence-corrected chi connectivity index (χ2v) is 4.97. The molecule has 0 aliphatic heterocycles. The summed E-state index contributed by atoms with van der Waals surface area (Å²) in [7, 11) is 0. The normalized spacial score (nSPS) is 10.1. The topological polar surface area (TPSA) is 32.3 Å². The van der Waals surface area contributed by atoms with Crippen molar-refractivity contribution in [3.05, 3.63) is 77.9 Å². The molecule has 0 fully saturated rings. The maximum absolute atomic E-state index is 9.68. The summed E-state index contributed by atoms with van der Waals surface area (Å²) in [6.07, 6.45) is 0. The summed E-state index contributed by atoms with van der Waals surface area (Å²) in [5, 5.41) is 12.9. The van der Waals surface area contributed by atoms with Gasteiger partial charge in [-0.05, 0) is 32.0 Å². The van der Waals surface area contributed by atoms with Crippen LogP contribution >= 0.6 is 0 Å². The van der Waals surface area contributed by atoms with Crippen LogP contribution in [0.2, 0.25) is 0 Å². The highest BCUT2D eigenvalue weighted by Gasteiger charge is 2.09. The van der Waals surface area contributed by atoms with Gasteiger partial charge in [0, 0.05) is 22.5 Å². The zero-order valence-corrected chi connectivity index (χ0v) is 11.9. The number of aryl methyl sites for hydroxylation is 2. The minimum absolute atomic E-state index is 0.0480. The molecular formula is C18H19NO. The first-order valence-electron chi connectivity index (χ1n) is 6.49. The van der Waals surface area contributed by atoms with Crippen LogP contribution in [0.1, 0.15) is 22.3 Å². The maximum atomic E-state index is 9.68. The summed E-state index contributed by atoms with van der Waals surface area (Å²) in [5.74, 6) is 0.0480. The second-order valence-electron chi connectivity index (χ2n) is 4.97. The molecule has 0 aliphatic rings. The van der Waals surface area contributed by atoms with Crippen molar-refractivity contribution >= 4 is 17.1 Å². The Hall–Kier alpha value is -2.48. The van der Waals surface area contributed by atoms with Crippen LogP contribution in [-0.2, 0) is 0 Å². The van der Waals surface area contributed by atoms with E-state index < -0.39 is 0 Å². The SMILES string of the molecule is C=C(O)c1ccc(C)cc1C(=C)Nc1ccc(C)cc1. The molecule has 0 bridgehead atoms. The van der Waals surface area contributed by atoms with E-state index in [2.05, 4.69) is 18.5 Å². The minimum Gasteiger partial charge on any atom is -0.508 e. The third-order valence-corrected chi connectivity index (χ3v) is 3.16. The lowest BCUT2D eigenvalue weighted by Crippen LogP contribution is -2.01. The van der Waals surface area contributed by atoms with E-state index in [-0.39, 0.29) is 5.76 Å². The first kappa shape index (κ1) is 13.9. The fourth-order valence-corrected chi connectivity index (χ4v) is 2.04. The first-order valence-corrected chi connectivity index (χ1v) is 6.49. The average molecular weight is 265 g/mol. The van der Waals surface area contributed by atoms with Crippen molar-refractivity contribution in [2.75, 3.05) is 5.32 Å². The number of hydrogen-bond donors (Lipinski definition) is 2. The van der Waals surface area contributed by atoms with E-state index in [1.54, 1.807) is 0 Å². The fraction of sp³-hybridized carbons (Fsp3) is 0.111. The Morgan fingerprint density at radius 3 is 2.10 bits per heavy atom. The van der Waals surface area contributed by atoms with Crippen molar-refractivity contribution in [2.45, 2.75) is 13.8 Å². The van der Waals surface area contributed by atoms with Gasteiger partial charge in [-0.2, -0.15) is 0 Å². The van der Waals surface area contributed by atoms with Crippen LogP contribution in [0.4, 0.5) is 5.69 Å². The van der Waals surface area contributed by atoms with E-state index in [4.69, 9.17) is 0 Å². The third kappa shape index (κ3) is 3.09. The van der Waals surface area contributed by atoms with E-state index in [0.717, 1.165) is 22.5 Å². The van der Waals surface area contributed by atoms with Crippen LogP contribution < -0.4 is 5.32 Å². The molecule has 102 valence electrons. The van der Waals surface area contributed by atoms with Gasteiger partial charge in [0.25, 0.3) is 0 Å². The highest BCUT2D eigenvalue weighted by Crippen LogP contribution is 2.25. The molecule has 2 nitrogen and oxygen atoms in total. The van der Waals surface area contributed by atoms with Crippen molar-refractivity contribution in [2.24, 2.45) is 0 Å². The van der Waals surface area contributed by atoms with Gasteiger partial charge in [0.2, 0.25) is 0 Å². The molecule has 0 saturated heterocycles. The molecule has 2 N–H and O–H groups in total. The Bertz CT molecular complexity index is 654. The van der Waals surface area contributed by atoms with E-state index in [1.165, 1.54) is 5.56 Å². The molecule has 0 unspecified atom stereocenters. The molecule has 0 amide bonds.